The van der Waals surface area contributed by atoms with Crippen molar-refractivity contribution in [3.63, 3.8) is 0 Å². The summed E-state index contributed by atoms with van der Waals surface area (Å²) in [6, 6.07) is 12.7. The van der Waals surface area contributed by atoms with E-state index in [-0.39, 0.29) is 11.6 Å². The molecule has 0 radical (unpaired) electrons. The van der Waals surface area contributed by atoms with Gasteiger partial charge < -0.3 is 4.90 Å². The Morgan fingerprint density at radius 3 is 2.32 bits per heavy atom. The molecule has 1 aliphatic rings. The van der Waals surface area contributed by atoms with Crippen LogP contribution < -0.4 is 4.31 Å². The third-order valence-corrected chi connectivity index (χ3v) is 6.21. The molecular formula is C22H25F2N3O3S. The van der Waals surface area contributed by atoms with E-state index in [2.05, 4.69) is 11.0 Å². The second-order valence-corrected chi connectivity index (χ2v) is 9.27. The molecule has 3 rings (SSSR count). The van der Waals surface area contributed by atoms with E-state index in [9.17, 15) is 22.0 Å². The highest BCUT2D eigenvalue weighted by atomic mass is 32.2. The van der Waals surface area contributed by atoms with Gasteiger partial charge in [-0.3, -0.25) is 14.0 Å². The fourth-order valence-corrected chi connectivity index (χ4v) is 4.19. The predicted molar refractivity (Wildman–Crippen MR) is 117 cm³/mol. The van der Waals surface area contributed by atoms with E-state index in [0.29, 0.717) is 26.2 Å². The fourth-order valence-electron chi connectivity index (χ4n) is 3.34. The highest BCUT2D eigenvalue weighted by Crippen LogP contribution is 2.21. The van der Waals surface area contributed by atoms with E-state index in [4.69, 9.17) is 0 Å². The van der Waals surface area contributed by atoms with Gasteiger partial charge in [-0.2, -0.15) is 0 Å². The first-order valence-electron chi connectivity index (χ1n) is 9.88. The van der Waals surface area contributed by atoms with Gasteiger partial charge in [0.25, 0.3) is 0 Å². The first-order chi connectivity index (χ1) is 14.7. The summed E-state index contributed by atoms with van der Waals surface area (Å²) in [6.07, 6.45) is 5.04. The van der Waals surface area contributed by atoms with Crippen LogP contribution in [-0.4, -0.2) is 69.6 Å². The normalized spacial score (nSPS) is 15.4. The minimum Gasteiger partial charge on any atom is -0.339 e. The molecular weight excluding hydrogens is 424 g/mol. The molecule has 6 nitrogen and oxygen atoms in total. The van der Waals surface area contributed by atoms with Crippen molar-refractivity contribution in [3.8, 4) is 0 Å². The van der Waals surface area contributed by atoms with Crippen molar-refractivity contribution in [1.82, 2.24) is 9.80 Å². The number of sulfonamides is 1. The van der Waals surface area contributed by atoms with Crippen LogP contribution in [0.4, 0.5) is 14.5 Å². The Bertz CT molecular complexity index is 1040. The molecule has 0 unspecified atom stereocenters. The molecule has 166 valence electrons. The Kier molecular flexibility index (Phi) is 7.40. The zero-order valence-electron chi connectivity index (χ0n) is 17.2. The average molecular weight is 450 g/mol. The maximum Gasteiger partial charge on any atom is 0.243 e. The monoisotopic (exact) mass is 449 g/mol. The number of hydrogen-bond donors (Lipinski definition) is 0. The number of hydrogen-bond acceptors (Lipinski definition) is 4. The summed E-state index contributed by atoms with van der Waals surface area (Å²) in [5, 5.41) is 0. The van der Waals surface area contributed by atoms with E-state index in [1.807, 2.05) is 36.4 Å². The van der Waals surface area contributed by atoms with Gasteiger partial charge in [0.1, 0.15) is 6.54 Å². The molecule has 0 N–H and O–H groups in total. The van der Waals surface area contributed by atoms with Crippen molar-refractivity contribution in [1.29, 1.82) is 0 Å². The summed E-state index contributed by atoms with van der Waals surface area (Å²) in [7, 11) is -3.85. The summed E-state index contributed by atoms with van der Waals surface area (Å²) >= 11 is 0. The van der Waals surface area contributed by atoms with E-state index in [1.54, 1.807) is 4.90 Å². The van der Waals surface area contributed by atoms with Crippen LogP contribution in [0.15, 0.2) is 54.6 Å². The zero-order valence-corrected chi connectivity index (χ0v) is 18.1. The van der Waals surface area contributed by atoms with Crippen molar-refractivity contribution in [2.45, 2.75) is 0 Å². The van der Waals surface area contributed by atoms with Crippen LogP contribution in [0.1, 0.15) is 5.56 Å². The van der Waals surface area contributed by atoms with Gasteiger partial charge in [0.05, 0.1) is 11.9 Å². The number of anilines is 1. The maximum absolute atomic E-state index is 13.6. The number of amides is 1. The van der Waals surface area contributed by atoms with E-state index < -0.39 is 28.2 Å². The van der Waals surface area contributed by atoms with Crippen molar-refractivity contribution in [2.75, 3.05) is 49.8 Å². The first kappa shape index (κ1) is 22.9. The average Bonchev–Trinajstić information content (AvgIpc) is 2.74. The van der Waals surface area contributed by atoms with Gasteiger partial charge in [0, 0.05) is 38.8 Å². The molecule has 0 atom stereocenters. The Balaban J connectivity index is 1.56. The van der Waals surface area contributed by atoms with Crippen LogP contribution in [-0.2, 0) is 14.8 Å². The number of nitrogens with zero attached hydrogens (tertiary/aromatic N) is 3. The molecule has 0 bridgehead atoms. The topological polar surface area (TPSA) is 60.9 Å². The van der Waals surface area contributed by atoms with Crippen LogP contribution in [0.5, 0.6) is 0 Å². The van der Waals surface area contributed by atoms with Gasteiger partial charge >= 0.3 is 0 Å². The minimum absolute atomic E-state index is 0.0839. The molecule has 2 aromatic rings. The lowest BCUT2D eigenvalue weighted by molar-refractivity contribution is -0.131. The molecule has 2 aromatic carbocycles. The van der Waals surface area contributed by atoms with Crippen LogP contribution in [0.3, 0.4) is 0 Å². The molecule has 0 saturated carbocycles. The Hall–Kier alpha value is -2.78. The molecule has 0 aliphatic carbocycles. The van der Waals surface area contributed by atoms with Gasteiger partial charge in [-0.05, 0) is 17.7 Å². The van der Waals surface area contributed by atoms with Crippen LogP contribution in [0.25, 0.3) is 6.08 Å². The van der Waals surface area contributed by atoms with Gasteiger partial charge in [-0.15, -0.1) is 0 Å². The number of benzene rings is 2. The molecule has 0 aromatic heterocycles. The lowest BCUT2D eigenvalue weighted by Crippen LogP contribution is -2.51. The number of halogens is 2. The molecule has 9 heteroatoms. The highest BCUT2D eigenvalue weighted by Gasteiger charge is 2.27. The lowest BCUT2D eigenvalue weighted by Gasteiger charge is -2.35. The summed E-state index contributed by atoms with van der Waals surface area (Å²) in [5.41, 5.74) is 1.04. The number of piperazine rings is 1. The second-order valence-electron chi connectivity index (χ2n) is 7.36. The summed E-state index contributed by atoms with van der Waals surface area (Å²) in [5.74, 6) is -2.63. The van der Waals surface area contributed by atoms with Crippen LogP contribution >= 0.6 is 0 Å². The quantitative estimate of drug-likeness (QED) is 0.652. The van der Waals surface area contributed by atoms with Crippen molar-refractivity contribution >= 4 is 27.7 Å². The second kappa shape index (κ2) is 10.0. The maximum atomic E-state index is 13.6. The third-order valence-electron chi connectivity index (χ3n) is 5.07. The van der Waals surface area contributed by atoms with Crippen LogP contribution in [0.2, 0.25) is 0 Å². The predicted octanol–water partition coefficient (Wildman–Crippen LogP) is 2.59. The number of carbonyl (C=O) groups is 1. The first-order valence-corrected chi connectivity index (χ1v) is 11.7. The molecule has 1 fully saturated rings. The molecule has 31 heavy (non-hydrogen) atoms. The number of carbonyl (C=O) groups excluding carboxylic acids is 1. The summed E-state index contributed by atoms with van der Waals surface area (Å²) in [4.78, 5) is 16.5. The van der Waals surface area contributed by atoms with Crippen LogP contribution in [0, 0.1) is 11.6 Å². The van der Waals surface area contributed by atoms with Gasteiger partial charge in [0.15, 0.2) is 11.6 Å². The summed E-state index contributed by atoms with van der Waals surface area (Å²) in [6.45, 7) is 2.55. The number of rotatable bonds is 7. The minimum atomic E-state index is -3.85. The van der Waals surface area contributed by atoms with E-state index >= 15 is 0 Å². The SMILES string of the molecule is CS(=O)(=O)N(CC(=O)N1CCN(CC=Cc2ccccc2)CC1)c1ccc(F)c(F)c1. The molecule has 1 amide bonds. The Morgan fingerprint density at radius 2 is 1.71 bits per heavy atom. The van der Waals surface area contributed by atoms with E-state index in [1.165, 1.54) is 0 Å². The molecule has 1 heterocycles. The van der Waals surface area contributed by atoms with Crippen molar-refractivity contribution in [3.05, 3.63) is 71.8 Å². The molecule has 1 saturated heterocycles. The van der Waals surface area contributed by atoms with Gasteiger partial charge in [-0.1, -0.05) is 42.5 Å². The zero-order chi connectivity index (χ0) is 22.4. The van der Waals surface area contributed by atoms with Crippen molar-refractivity contribution < 1.29 is 22.0 Å². The largest absolute Gasteiger partial charge is 0.339 e. The highest BCUT2D eigenvalue weighted by molar-refractivity contribution is 7.92. The molecule has 1 aliphatic heterocycles. The smallest absolute Gasteiger partial charge is 0.243 e. The van der Waals surface area contributed by atoms with Gasteiger partial charge in [-0.25, -0.2) is 17.2 Å². The lowest BCUT2D eigenvalue weighted by atomic mass is 10.2. The standard InChI is InChI=1S/C22H25F2N3O3S/c1-31(29,30)27(19-9-10-20(23)21(24)16-19)17-22(28)26-14-12-25(13-15-26)11-5-8-18-6-3-2-4-7-18/h2-10,16H,11-15,17H2,1H3. The van der Waals surface area contributed by atoms with E-state index in [0.717, 1.165) is 40.9 Å². The Morgan fingerprint density at radius 1 is 1.03 bits per heavy atom. The third kappa shape index (κ3) is 6.35. The molecule has 0 spiro atoms. The van der Waals surface area contributed by atoms with Crippen molar-refractivity contribution in [2.24, 2.45) is 0 Å². The van der Waals surface area contributed by atoms with Gasteiger partial charge in [0.2, 0.25) is 15.9 Å². The Labute approximate surface area is 181 Å². The fraction of sp³-hybridized carbons (Fsp3) is 0.318. The summed E-state index contributed by atoms with van der Waals surface area (Å²) < 4.78 is 51.9.